The summed E-state index contributed by atoms with van der Waals surface area (Å²) in [5, 5.41) is 20.6. The monoisotopic (exact) mass is 296 g/mol. The molecule has 21 heavy (non-hydrogen) atoms. The number of amides is 1. The van der Waals surface area contributed by atoms with Gasteiger partial charge in [0.15, 0.2) is 12.5 Å². The second kappa shape index (κ2) is 7.68. The van der Waals surface area contributed by atoms with E-state index in [0.717, 1.165) is 12.7 Å². The molecule has 0 radical (unpaired) electrons. The van der Waals surface area contributed by atoms with E-state index in [1.54, 1.807) is 0 Å². The van der Waals surface area contributed by atoms with Crippen molar-refractivity contribution in [2.75, 3.05) is 0 Å². The van der Waals surface area contributed by atoms with Crippen molar-refractivity contribution in [2.24, 2.45) is 0 Å². The summed E-state index contributed by atoms with van der Waals surface area (Å²) in [6.45, 7) is 0. The van der Waals surface area contributed by atoms with E-state index >= 15 is 0 Å². The Hall–Kier alpha value is -2.84. The molecule has 10 heteroatoms. The second-order valence-corrected chi connectivity index (χ2v) is 3.96. The van der Waals surface area contributed by atoms with Crippen molar-refractivity contribution in [1.82, 2.24) is 10.3 Å². The lowest BCUT2D eigenvalue weighted by Crippen LogP contribution is -2.43. The van der Waals surface area contributed by atoms with Gasteiger partial charge in [-0.15, -0.1) is 0 Å². The molecule has 2 atom stereocenters. The van der Waals surface area contributed by atoms with E-state index in [0.29, 0.717) is 6.21 Å². The summed E-state index contributed by atoms with van der Waals surface area (Å²) in [4.78, 5) is 39.8. The number of carboxylic acid groups (broad SMARTS) is 1. The standard InChI is InChI=1S/C11H12N4O6/c12-14-3-6(16)1-2-7(11(19)20)15-10(18)9(17)8-4-21-5-13-8/h3-5,7,9,17H,1-2H2,(H,15,18)(H,19,20). The van der Waals surface area contributed by atoms with Gasteiger partial charge in [-0.2, -0.15) is 4.79 Å². The topological polar surface area (TPSA) is 166 Å². The molecule has 0 fully saturated rings. The van der Waals surface area contributed by atoms with Crippen molar-refractivity contribution in [3.05, 3.63) is 23.9 Å². The Balaban J connectivity index is 2.61. The van der Waals surface area contributed by atoms with Crippen LogP contribution in [0.25, 0.3) is 5.53 Å². The molecular formula is C11H12N4O6. The Bertz CT molecular complexity index is 563. The maximum atomic E-state index is 11.7. The highest BCUT2D eigenvalue weighted by Crippen LogP contribution is 2.10. The lowest BCUT2D eigenvalue weighted by Gasteiger charge is -2.15. The summed E-state index contributed by atoms with van der Waals surface area (Å²) < 4.78 is 4.59. The molecule has 1 heterocycles. The zero-order valence-electron chi connectivity index (χ0n) is 10.7. The van der Waals surface area contributed by atoms with Crippen LogP contribution in [0, 0.1) is 0 Å². The van der Waals surface area contributed by atoms with Crippen LogP contribution in [0.4, 0.5) is 0 Å². The molecular weight excluding hydrogens is 284 g/mol. The van der Waals surface area contributed by atoms with Gasteiger partial charge in [-0.25, -0.2) is 9.78 Å². The summed E-state index contributed by atoms with van der Waals surface area (Å²) in [6, 6.07) is -1.38. The van der Waals surface area contributed by atoms with Crippen molar-refractivity contribution >= 4 is 23.9 Å². The molecule has 1 rings (SSSR count). The van der Waals surface area contributed by atoms with Crippen molar-refractivity contribution in [2.45, 2.75) is 25.0 Å². The largest absolute Gasteiger partial charge is 0.480 e. The van der Waals surface area contributed by atoms with Gasteiger partial charge in [0.2, 0.25) is 5.78 Å². The van der Waals surface area contributed by atoms with Crippen LogP contribution in [-0.4, -0.2) is 49.9 Å². The summed E-state index contributed by atoms with van der Waals surface area (Å²) >= 11 is 0. The van der Waals surface area contributed by atoms with E-state index in [2.05, 4.69) is 19.5 Å². The Kier molecular flexibility index (Phi) is 5.93. The quantitative estimate of drug-likeness (QED) is 0.312. The molecule has 1 aromatic heterocycles. The molecule has 0 bridgehead atoms. The number of hydrogen-bond acceptors (Lipinski definition) is 6. The molecule has 0 saturated heterocycles. The van der Waals surface area contributed by atoms with E-state index in [9.17, 15) is 19.5 Å². The SMILES string of the molecule is [N-]=[N+]=CC(=O)CCC(NC(=O)C(O)c1cocn1)C(=O)O. The summed E-state index contributed by atoms with van der Waals surface area (Å²) in [5.74, 6) is -2.96. The number of nitrogens with zero attached hydrogens (tertiary/aromatic N) is 3. The minimum Gasteiger partial charge on any atom is -0.480 e. The Morgan fingerprint density at radius 3 is 2.76 bits per heavy atom. The minimum absolute atomic E-state index is 0.0693. The molecule has 0 aromatic carbocycles. The summed E-state index contributed by atoms with van der Waals surface area (Å²) in [6.07, 6.45) is 0.527. The van der Waals surface area contributed by atoms with Crippen LogP contribution in [0.2, 0.25) is 0 Å². The van der Waals surface area contributed by atoms with Gasteiger partial charge in [0.1, 0.15) is 18.0 Å². The number of Topliss-reactive ketones (excluding diaryl/α,β-unsaturated/α-hetero) is 1. The molecule has 0 saturated carbocycles. The smallest absolute Gasteiger partial charge is 0.326 e. The van der Waals surface area contributed by atoms with Crippen molar-refractivity contribution in [3.8, 4) is 0 Å². The zero-order chi connectivity index (χ0) is 15.8. The van der Waals surface area contributed by atoms with Crippen molar-refractivity contribution in [1.29, 1.82) is 0 Å². The van der Waals surface area contributed by atoms with Gasteiger partial charge in [0.25, 0.3) is 5.91 Å². The number of aromatic nitrogens is 1. The van der Waals surface area contributed by atoms with Gasteiger partial charge >= 0.3 is 12.2 Å². The molecule has 10 nitrogen and oxygen atoms in total. The van der Waals surface area contributed by atoms with Crippen LogP contribution in [0.5, 0.6) is 0 Å². The molecule has 2 unspecified atom stereocenters. The number of nitrogens with one attached hydrogen (secondary N) is 1. The molecule has 0 aliphatic heterocycles. The third kappa shape index (κ3) is 4.97. The normalized spacial score (nSPS) is 12.8. The number of hydrogen-bond donors (Lipinski definition) is 3. The molecule has 1 aromatic rings. The predicted molar refractivity (Wildman–Crippen MR) is 65.0 cm³/mol. The van der Waals surface area contributed by atoms with Gasteiger partial charge in [-0.05, 0) is 6.42 Å². The maximum absolute atomic E-state index is 11.7. The Labute approximate surface area is 118 Å². The lowest BCUT2D eigenvalue weighted by molar-refractivity contribution is -0.143. The highest BCUT2D eigenvalue weighted by atomic mass is 16.4. The first-order valence-electron chi connectivity index (χ1n) is 5.75. The third-order valence-corrected chi connectivity index (χ3v) is 2.48. The minimum atomic E-state index is -1.68. The Morgan fingerprint density at radius 2 is 2.24 bits per heavy atom. The van der Waals surface area contributed by atoms with Gasteiger partial charge in [0, 0.05) is 6.42 Å². The Morgan fingerprint density at radius 1 is 1.52 bits per heavy atom. The van der Waals surface area contributed by atoms with Gasteiger partial charge in [0.05, 0.1) is 0 Å². The molecule has 112 valence electrons. The van der Waals surface area contributed by atoms with Crippen LogP contribution in [0.3, 0.4) is 0 Å². The summed E-state index contributed by atoms with van der Waals surface area (Å²) in [5.41, 5.74) is 8.08. The second-order valence-electron chi connectivity index (χ2n) is 3.96. The number of carboxylic acids is 1. The number of oxazole rings is 1. The fourth-order valence-electron chi connectivity index (χ4n) is 1.41. The highest BCUT2D eigenvalue weighted by molar-refractivity contribution is 6.25. The van der Waals surface area contributed by atoms with Gasteiger partial charge in [-0.1, -0.05) is 0 Å². The van der Waals surface area contributed by atoms with Gasteiger partial charge < -0.3 is 25.5 Å². The van der Waals surface area contributed by atoms with Crippen molar-refractivity contribution < 1.29 is 33.8 Å². The van der Waals surface area contributed by atoms with E-state index in [1.807, 2.05) is 0 Å². The fourth-order valence-corrected chi connectivity index (χ4v) is 1.41. The maximum Gasteiger partial charge on any atom is 0.326 e. The predicted octanol–water partition coefficient (Wildman–Crippen LogP) is -1.07. The van der Waals surface area contributed by atoms with E-state index in [4.69, 9.17) is 10.6 Å². The first-order valence-corrected chi connectivity index (χ1v) is 5.75. The van der Waals surface area contributed by atoms with Gasteiger partial charge in [-0.3, -0.25) is 9.59 Å². The molecule has 0 aliphatic rings. The van der Waals surface area contributed by atoms with Crippen molar-refractivity contribution in [3.63, 3.8) is 0 Å². The van der Waals surface area contributed by atoms with E-state index < -0.39 is 29.8 Å². The molecule has 0 spiro atoms. The van der Waals surface area contributed by atoms with Crippen LogP contribution in [0.15, 0.2) is 17.1 Å². The van der Waals surface area contributed by atoms with Crippen LogP contribution < -0.4 is 5.32 Å². The number of aliphatic hydroxyl groups excluding tert-OH is 1. The van der Waals surface area contributed by atoms with Crippen LogP contribution in [-0.2, 0) is 14.4 Å². The first-order chi connectivity index (χ1) is 9.95. The molecule has 3 N–H and O–H groups in total. The van der Waals surface area contributed by atoms with E-state index in [1.165, 1.54) is 0 Å². The number of aliphatic hydroxyl groups is 1. The number of rotatable bonds is 8. The number of carbonyl (C=O) groups is 3. The third-order valence-electron chi connectivity index (χ3n) is 2.48. The lowest BCUT2D eigenvalue weighted by atomic mass is 10.1. The zero-order valence-corrected chi connectivity index (χ0v) is 10.7. The molecule has 1 amide bonds. The fraction of sp³-hybridized carbons (Fsp3) is 0.364. The summed E-state index contributed by atoms with van der Waals surface area (Å²) in [7, 11) is 0. The average Bonchev–Trinajstić information content (AvgIpc) is 2.96. The molecule has 0 aliphatic carbocycles. The first kappa shape index (κ1) is 16.2. The van der Waals surface area contributed by atoms with Crippen LogP contribution >= 0.6 is 0 Å². The average molecular weight is 296 g/mol. The number of carbonyl (C=O) groups excluding carboxylic acids is 2. The van der Waals surface area contributed by atoms with Crippen LogP contribution in [0.1, 0.15) is 24.6 Å². The number of ketones is 1. The number of aliphatic carboxylic acids is 1. The highest BCUT2D eigenvalue weighted by Gasteiger charge is 2.26. The van der Waals surface area contributed by atoms with E-state index in [-0.39, 0.29) is 18.5 Å².